The Kier molecular flexibility index (Phi) is 5.09. The Morgan fingerprint density at radius 1 is 1.45 bits per heavy atom. The van der Waals surface area contributed by atoms with Gasteiger partial charge in [0, 0.05) is 31.6 Å². The molecule has 1 aliphatic heterocycles. The molecular formula is C15H22FN3O. The summed E-state index contributed by atoms with van der Waals surface area (Å²) in [4.78, 5) is 14.0. The largest absolute Gasteiger partial charge is 0.338 e. The summed E-state index contributed by atoms with van der Waals surface area (Å²) in [6, 6.07) is 6.32. The molecule has 4 N–H and O–H groups in total. The summed E-state index contributed by atoms with van der Waals surface area (Å²) >= 11 is 0. The maximum absolute atomic E-state index is 13.5. The average Bonchev–Trinajstić information content (AvgIpc) is 2.89. The molecule has 0 radical (unpaired) electrons. The second-order valence-electron chi connectivity index (χ2n) is 5.38. The van der Waals surface area contributed by atoms with Crippen LogP contribution in [0.25, 0.3) is 0 Å². The summed E-state index contributed by atoms with van der Waals surface area (Å²) in [5, 5.41) is 0. The molecule has 20 heavy (non-hydrogen) atoms. The Hall–Kier alpha value is -1.46. The molecule has 4 nitrogen and oxygen atoms in total. The maximum atomic E-state index is 13.5. The van der Waals surface area contributed by atoms with Crippen LogP contribution in [0, 0.1) is 5.82 Å². The Bertz CT molecular complexity index is 466. The van der Waals surface area contributed by atoms with Crippen molar-refractivity contribution in [2.45, 2.75) is 37.8 Å². The summed E-state index contributed by atoms with van der Waals surface area (Å²) in [6.45, 7) is 1.25. The summed E-state index contributed by atoms with van der Waals surface area (Å²) in [6.07, 6.45) is 2.57. The van der Waals surface area contributed by atoms with Crippen LogP contribution in [-0.4, -0.2) is 36.0 Å². The lowest BCUT2D eigenvalue weighted by atomic mass is 10.0. The van der Waals surface area contributed by atoms with Crippen molar-refractivity contribution in [2.24, 2.45) is 11.5 Å². The zero-order chi connectivity index (χ0) is 14.5. The third-order valence-electron chi connectivity index (χ3n) is 3.85. The highest BCUT2D eigenvalue weighted by molar-refractivity contribution is 5.77. The predicted molar refractivity (Wildman–Crippen MR) is 76.5 cm³/mol. The molecule has 0 bridgehead atoms. The van der Waals surface area contributed by atoms with Gasteiger partial charge in [0.25, 0.3) is 0 Å². The molecule has 0 spiro atoms. The van der Waals surface area contributed by atoms with Crippen LogP contribution < -0.4 is 11.5 Å². The normalized spacial score (nSPS) is 20.1. The van der Waals surface area contributed by atoms with Gasteiger partial charge in [0.2, 0.25) is 5.91 Å². The highest BCUT2D eigenvalue weighted by atomic mass is 19.1. The van der Waals surface area contributed by atoms with Gasteiger partial charge in [-0.1, -0.05) is 18.2 Å². The molecule has 2 rings (SSSR count). The number of hydrogen-bond donors (Lipinski definition) is 2. The molecule has 1 aromatic rings. The zero-order valence-electron chi connectivity index (χ0n) is 11.6. The van der Waals surface area contributed by atoms with Crippen LogP contribution in [0.15, 0.2) is 24.3 Å². The number of halogens is 1. The smallest absolute Gasteiger partial charge is 0.224 e. The van der Waals surface area contributed by atoms with Gasteiger partial charge in [-0.15, -0.1) is 0 Å². The van der Waals surface area contributed by atoms with Crippen LogP contribution in [0.4, 0.5) is 4.39 Å². The first-order valence-electron chi connectivity index (χ1n) is 7.10. The Morgan fingerprint density at radius 2 is 2.20 bits per heavy atom. The van der Waals surface area contributed by atoms with Crippen molar-refractivity contribution in [3.05, 3.63) is 35.6 Å². The SMILES string of the molecule is NC[C@@H]1CCCN1C(=O)C[C@H](N)Cc1ccccc1F. The number of rotatable bonds is 5. The first-order valence-corrected chi connectivity index (χ1v) is 7.10. The fraction of sp³-hybridized carbons (Fsp3) is 0.533. The molecule has 0 unspecified atom stereocenters. The number of nitrogens with zero attached hydrogens (tertiary/aromatic N) is 1. The summed E-state index contributed by atoms with van der Waals surface area (Å²) in [7, 11) is 0. The van der Waals surface area contributed by atoms with Gasteiger partial charge >= 0.3 is 0 Å². The van der Waals surface area contributed by atoms with Crippen LogP contribution in [0.5, 0.6) is 0 Å². The van der Waals surface area contributed by atoms with Crippen molar-refractivity contribution in [1.29, 1.82) is 0 Å². The first-order chi connectivity index (χ1) is 9.61. The molecule has 0 aromatic heterocycles. The summed E-state index contributed by atoms with van der Waals surface area (Å²) in [5.74, 6) is -0.238. The number of benzene rings is 1. The van der Waals surface area contributed by atoms with E-state index in [9.17, 15) is 9.18 Å². The fourth-order valence-electron chi connectivity index (χ4n) is 2.77. The lowest BCUT2D eigenvalue weighted by molar-refractivity contribution is -0.132. The quantitative estimate of drug-likeness (QED) is 0.845. The van der Waals surface area contributed by atoms with Crippen LogP contribution >= 0.6 is 0 Å². The predicted octanol–water partition coefficient (Wildman–Crippen LogP) is 1.04. The molecule has 1 aromatic carbocycles. The molecule has 1 heterocycles. The van der Waals surface area contributed by atoms with E-state index in [0.717, 1.165) is 19.4 Å². The summed E-state index contributed by atoms with van der Waals surface area (Å²) < 4.78 is 13.5. The van der Waals surface area contributed by atoms with Crippen LogP contribution in [0.2, 0.25) is 0 Å². The molecule has 1 amide bonds. The highest BCUT2D eigenvalue weighted by Gasteiger charge is 2.28. The first kappa shape index (κ1) is 14.9. The number of nitrogens with two attached hydrogens (primary N) is 2. The topological polar surface area (TPSA) is 72.3 Å². The molecule has 110 valence electrons. The van der Waals surface area contributed by atoms with Gasteiger partial charge in [-0.25, -0.2) is 4.39 Å². The minimum atomic E-state index is -0.363. The Morgan fingerprint density at radius 3 is 2.90 bits per heavy atom. The second kappa shape index (κ2) is 6.81. The minimum absolute atomic E-state index is 0.0294. The second-order valence-corrected chi connectivity index (χ2v) is 5.38. The van der Waals surface area contributed by atoms with Gasteiger partial charge in [0.15, 0.2) is 0 Å². The fourth-order valence-corrected chi connectivity index (χ4v) is 2.77. The van der Waals surface area contributed by atoms with E-state index < -0.39 is 0 Å². The van der Waals surface area contributed by atoms with Crippen LogP contribution in [-0.2, 0) is 11.2 Å². The van der Waals surface area contributed by atoms with E-state index >= 15 is 0 Å². The van der Waals surface area contributed by atoms with Crippen molar-refractivity contribution in [3.63, 3.8) is 0 Å². The van der Waals surface area contributed by atoms with Crippen molar-refractivity contribution < 1.29 is 9.18 Å². The summed E-state index contributed by atoms with van der Waals surface area (Å²) in [5.41, 5.74) is 12.2. The van der Waals surface area contributed by atoms with E-state index in [2.05, 4.69) is 0 Å². The lowest BCUT2D eigenvalue weighted by Gasteiger charge is -2.25. The Labute approximate surface area is 118 Å². The number of carbonyl (C=O) groups excluding carboxylic acids is 1. The van der Waals surface area contributed by atoms with E-state index in [0.29, 0.717) is 18.5 Å². The van der Waals surface area contributed by atoms with E-state index in [-0.39, 0.29) is 30.2 Å². The van der Waals surface area contributed by atoms with Crippen LogP contribution in [0.1, 0.15) is 24.8 Å². The van der Waals surface area contributed by atoms with Gasteiger partial charge < -0.3 is 16.4 Å². The van der Waals surface area contributed by atoms with E-state index in [1.807, 2.05) is 4.90 Å². The molecule has 0 aliphatic carbocycles. The molecule has 5 heteroatoms. The molecule has 2 atom stereocenters. The maximum Gasteiger partial charge on any atom is 0.224 e. The molecular weight excluding hydrogens is 257 g/mol. The molecule has 0 saturated carbocycles. The third-order valence-corrected chi connectivity index (χ3v) is 3.85. The van der Waals surface area contributed by atoms with Crippen molar-refractivity contribution >= 4 is 5.91 Å². The van der Waals surface area contributed by atoms with E-state index in [1.54, 1.807) is 18.2 Å². The van der Waals surface area contributed by atoms with Crippen molar-refractivity contribution in [3.8, 4) is 0 Å². The number of likely N-dealkylation sites (tertiary alicyclic amines) is 1. The average molecular weight is 279 g/mol. The van der Waals surface area contributed by atoms with Gasteiger partial charge in [-0.2, -0.15) is 0 Å². The van der Waals surface area contributed by atoms with Crippen molar-refractivity contribution in [1.82, 2.24) is 4.90 Å². The monoisotopic (exact) mass is 279 g/mol. The zero-order valence-corrected chi connectivity index (χ0v) is 11.6. The third kappa shape index (κ3) is 3.55. The van der Waals surface area contributed by atoms with E-state index in [1.165, 1.54) is 6.07 Å². The lowest BCUT2D eigenvalue weighted by Crippen LogP contribution is -2.42. The van der Waals surface area contributed by atoms with Crippen LogP contribution in [0.3, 0.4) is 0 Å². The van der Waals surface area contributed by atoms with E-state index in [4.69, 9.17) is 11.5 Å². The minimum Gasteiger partial charge on any atom is -0.338 e. The standard InChI is InChI=1S/C15H22FN3O/c16-14-6-2-1-4-11(14)8-12(18)9-15(20)19-7-3-5-13(19)10-17/h1-2,4,6,12-13H,3,5,7-10,17-18H2/t12-,13+/m1/s1. The highest BCUT2D eigenvalue weighted by Crippen LogP contribution is 2.18. The van der Waals surface area contributed by atoms with Crippen molar-refractivity contribution in [2.75, 3.05) is 13.1 Å². The number of carbonyl (C=O) groups is 1. The Balaban J connectivity index is 1.89. The van der Waals surface area contributed by atoms with Gasteiger partial charge in [-0.3, -0.25) is 4.79 Å². The number of amides is 1. The van der Waals surface area contributed by atoms with Gasteiger partial charge in [0.05, 0.1) is 0 Å². The molecule has 1 aliphatic rings. The van der Waals surface area contributed by atoms with Gasteiger partial charge in [-0.05, 0) is 30.9 Å². The molecule has 1 saturated heterocycles. The number of hydrogen-bond acceptors (Lipinski definition) is 3. The van der Waals surface area contributed by atoms with Gasteiger partial charge in [0.1, 0.15) is 5.82 Å². The molecule has 1 fully saturated rings.